The lowest BCUT2D eigenvalue weighted by Gasteiger charge is -2.30. The van der Waals surface area contributed by atoms with Gasteiger partial charge in [-0.3, -0.25) is 14.3 Å². The maximum absolute atomic E-state index is 13.3. The van der Waals surface area contributed by atoms with Gasteiger partial charge in [0.1, 0.15) is 5.69 Å². The van der Waals surface area contributed by atoms with Crippen molar-refractivity contribution in [1.29, 1.82) is 0 Å². The molecule has 3 rings (SSSR count). The van der Waals surface area contributed by atoms with Crippen LogP contribution in [0.4, 0.5) is 0 Å². The molecule has 2 aromatic rings. The standard InChI is InChI=1S/C20H24ClN3O3/c1-20(2,3)24-12-15(17(22-24)14-8-4-5-9-16(14)21)18(25)23-10-6-7-13(11-23)19(26)27/h4-5,8-9,12-13H,6-7,10-11H2,1-3H3,(H,26,27)/t13-/m0/s1. The molecule has 1 aliphatic heterocycles. The van der Waals surface area contributed by atoms with E-state index in [-0.39, 0.29) is 18.0 Å². The Labute approximate surface area is 163 Å². The molecular formula is C20H24ClN3O3. The molecule has 1 aromatic carbocycles. The SMILES string of the molecule is CC(C)(C)n1cc(C(=O)N2CCC[C@H](C(=O)O)C2)c(-c2ccccc2Cl)n1. The molecule has 0 radical (unpaired) electrons. The van der Waals surface area contributed by atoms with E-state index < -0.39 is 11.9 Å². The number of hydrogen-bond acceptors (Lipinski definition) is 3. The number of halogens is 1. The Balaban J connectivity index is 2.03. The third-order valence-electron chi connectivity index (χ3n) is 4.82. The predicted octanol–water partition coefficient (Wildman–Crippen LogP) is 3.90. The van der Waals surface area contributed by atoms with Gasteiger partial charge in [0.15, 0.2) is 0 Å². The van der Waals surface area contributed by atoms with Crippen LogP contribution in [0.25, 0.3) is 11.3 Å². The normalized spacial score (nSPS) is 17.8. The number of benzene rings is 1. The van der Waals surface area contributed by atoms with Crippen molar-refractivity contribution >= 4 is 23.5 Å². The highest BCUT2D eigenvalue weighted by Gasteiger charge is 2.32. The van der Waals surface area contributed by atoms with E-state index >= 15 is 0 Å². The fourth-order valence-electron chi connectivity index (χ4n) is 3.26. The van der Waals surface area contributed by atoms with E-state index in [0.717, 1.165) is 0 Å². The van der Waals surface area contributed by atoms with E-state index in [1.165, 1.54) is 0 Å². The number of rotatable bonds is 3. The number of nitrogens with zero attached hydrogens (tertiary/aromatic N) is 3. The lowest BCUT2D eigenvalue weighted by atomic mass is 9.97. The number of hydrogen-bond donors (Lipinski definition) is 1. The van der Waals surface area contributed by atoms with Gasteiger partial charge >= 0.3 is 5.97 Å². The average Bonchev–Trinajstić information content (AvgIpc) is 3.07. The zero-order chi connectivity index (χ0) is 19.8. The number of aromatic nitrogens is 2. The third-order valence-corrected chi connectivity index (χ3v) is 5.15. The van der Waals surface area contributed by atoms with Gasteiger partial charge in [-0.25, -0.2) is 0 Å². The van der Waals surface area contributed by atoms with Crippen LogP contribution in [-0.2, 0) is 10.3 Å². The van der Waals surface area contributed by atoms with E-state index in [1.54, 1.807) is 21.8 Å². The number of carboxylic acid groups (broad SMARTS) is 1. The van der Waals surface area contributed by atoms with Gasteiger partial charge in [0, 0.05) is 24.8 Å². The molecule has 1 fully saturated rings. The van der Waals surface area contributed by atoms with E-state index in [2.05, 4.69) is 5.10 Å². The quantitative estimate of drug-likeness (QED) is 0.863. The summed E-state index contributed by atoms with van der Waals surface area (Å²) in [6, 6.07) is 7.29. The van der Waals surface area contributed by atoms with Crippen LogP contribution in [0, 0.1) is 5.92 Å². The van der Waals surface area contributed by atoms with Gasteiger partial charge in [0.2, 0.25) is 0 Å². The van der Waals surface area contributed by atoms with Gasteiger partial charge in [-0.1, -0.05) is 29.8 Å². The second-order valence-electron chi connectivity index (χ2n) is 7.92. The summed E-state index contributed by atoms with van der Waals surface area (Å²) in [6.07, 6.45) is 3.01. The molecule has 27 heavy (non-hydrogen) atoms. The second-order valence-corrected chi connectivity index (χ2v) is 8.32. The first-order valence-corrected chi connectivity index (χ1v) is 9.43. The van der Waals surface area contributed by atoms with Gasteiger partial charge in [0.25, 0.3) is 5.91 Å². The Hall–Kier alpha value is -2.34. The molecule has 0 saturated carbocycles. The van der Waals surface area contributed by atoms with E-state index in [4.69, 9.17) is 11.6 Å². The summed E-state index contributed by atoms with van der Waals surface area (Å²) in [5.74, 6) is -1.58. The summed E-state index contributed by atoms with van der Waals surface area (Å²) in [7, 11) is 0. The van der Waals surface area contributed by atoms with Gasteiger partial charge in [0.05, 0.1) is 22.0 Å². The van der Waals surface area contributed by atoms with E-state index in [0.29, 0.717) is 41.2 Å². The van der Waals surface area contributed by atoms with Crippen molar-refractivity contribution in [3.63, 3.8) is 0 Å². The van der Waals surface area contributed by atoms with Crippen LogP contribution in [0.15, 0.2) is 30.5 Å². The summed E-state index contributed by atoms with van der Waals surface area (Å²) < 4.78 is 1.76. The number of carbonyl (C=O) groups is 2. The maximum Gasteiger partial charge on any atom is 0.308 e. The first-order chi connectivity index (χ1) is 12.7. The van der Waals surface area contributed by atoms with Crippen molar-refractivity contribution < 1.29 is 14.7 Å². The molecule has 7 heteroatoms. The fraction of sp³-hybridized carbons (Fsp3) is 0.450. The molecular weight excluding hydrogens is 366 g/mol. The van der Waals surface area contributed by atoms with E-state index in [1.807, 2.05) is 39.0 Å². The molecule has 1 aromatic heterocycles. The van der Waals surface area contributed by atoms with Gasteiger partial charge in [-0.2, -0.15) is 5.10 Å². The van der Waals surface area contributed by atoms with Crippen LogP contribution in [0.5, 0.6) is 0 Å². The Morgan fingerprint density at radius 1 is 1.26 bits per heavy atom. The predicted molar refractivity (Wildman–Crippen MR) is 104 cm³/mol. The Kier molecular flexibility index (Phi) is 5.29. The molecule has 1 amide bonds. The molecule has 2 heterocycles. The number of aliphatic carboxylic acids is 1. The fourth-order valence-corrected chi connectivity index (χ4v) is 3.49. The van der Waals surface area contributed by atoms with Crippen LogP contribution in [-0.4, -0.2) is 44.8 Å². The molecule has 0 aliphatic carbocycles. The zero-order valence-corrected chi connectivity index (χ0v) is 16.5. The average molecular weight is 390 g/mol. The molecule has 0 unspecified atom stereocenters. The van der Waals surface area contributed by atoms with Crippen LogP contribution < -0.4 is 0 Å². The van der Waals surface area contributed by atoms with Crippen LogP contribution in [0.2, 0.25) is 5.02 Å². The highest BCUT2D eigenvalue weighted by Crippen LogP contribution is 2.32. The van der Waals surface area contributed by atoms with Gasteiger partial charge in [-0.05, 0) is 39.7 Å². The summed E-state index contributed by atoms with van der Waals surface area (Å²) >= 11 is 6.36. The summed E-state index contributed by atoms with van der Waals surface area (Å²) in [4.78, 5) is 26.2. The lowest BCUT2D eigenvalue weighted by molar-refractivity contribution is -0.143. The molecule has 0 bridgehead atoms. The Bertz CT molecular complexity index is 870. The highest BCUT2D eigenvalue weighted by molar-refractivity contribution is 6.33. The number of amides is 1. The van der Waals surface area contributed by atoms with Crippen LogP contribution in [0.3, 0.4) is 0 Å². The van der Waals surface area contributed by atoms with Gasteiger partial charge < -0.3 is 10.0 Å². The topological polar surface area (TPSA) is 75.4 Å². The van der Waals surface area contributed by atoms with Crippen molar-refractivity contribution in [3.05, 3.63) is 41.0 Å². The minimum atomic E-state index is -0.857. The first-order valence-electron chi connectivity index (χ1n) is 9.05. The lowest BCUT2D eigenvalue weighted by Crippen LogP contribution is -2.42. The highest BCUT2D eigenvalue weighted by atomic mass is 35.5. The zero-order valence-electron chi connectivity index (χ0n) is 15.8. The maximum atomic E-state index is 13.3. The number of piperidine rings is 1. The molecule has 1 aliphatic rings. The first kappa shape index (κ1) is 19.4. The summed E-state index contributed by atoms with van der Waals surface area (Å²) in [6.45, 7) is 6.78. The molecule has 6 nitrogen and oxygen atoms in total. The smallest absolute Gasteiger partial charge is 0.308 e. The monoisotopic (exact) mass is 389 g/mol. The largest absolute Gasteiger partial charge is 0.481 e. The van der Waals surface area contributed by atoms with Crippen molar-refractivity contribution in [2.75, 3.05) is 13.1 Å². The summed E-state index contributed by atoms with van der Waals surface area (Å²) in [5.41, 5.74) is 1.36. The Morgan fingerprint density at radius 3 is 2.59 bits per heavy atom. The van der Waals surface area contributed by atoms with Crippen LogP contribution in [0.1, 0.15) is 44.0 Å². The minimum absolute atomic E-state index is 0.202. The number of likely N-dealkylation sites (tertiary alicyclic amines) is 1. The van der Waals surface area contributed by atoms with Crippen molar-refractivity contribution in [2.45, 2.75) is 39.2 Å². The molecule has 1 N–H and O–H groups in total. The number of carboxylic acids is 1. The molecule has 1 saturated heterocycles. The van der Waals surface area contributed by atoms with Crippen molar-refractivity contribution in [2.24, 2.45) is 5.92 Å². The molecule has 1 atom stereocenters. The van der Waals surface area contributed by atoms with E-state index in [9.17, 15) is 14.7 Å². The van der Waals surface area contributed by atoms with Crippen LogP contribution >= 0.6 is 11.6 Å². The van der Waals surface area contributed by atoms with Gasteiger partial charge in [-0.15, -0.1) is 0 Å². The summed E-state index contributed by atoms with van der Waals surface area (Å²) in [5, 5.41) is 14.5. The number of carbonyl (C=O) groups excluding carboxylic acids is 1. The molecule has 0 spiro atoms. The third kappa shape index (κ3) is 4.00. The second kappa shape index (κ2) is 7.35. The minimum Gasteiger partial charge on any atom is -0.481 e. The van der Waals surface area contributed by atoms with Crippen molar-refractivity contribution in [3.8, 4) is 11.3 Å². The Morgan fingerprint density at radius 2 is 1.96 bits per heavy atom. The van der Waals surface area contributed by atoms with Crippen molar-refractivity contribution in [1.82, 2.24) is 14.7 Å². The molecule has 144 valence electrons.